The normalized spacial score (nSPS) is 14.6. The van der Waals surface area contributed by atoms with Gasteiger partial charge in [0.1, 0.15) is 0 Å². The Morgan fingerprint density at radius 1 is 1.16 bits per heavy atom. The topological polar surface area (TPSA) is 36.1 Å². The van der Waals surface area contributed by atoms with Crippen molar-refractivity contribution in [2.45, 2.75) is 12.8 Å². The third kappa shape index (κ3) is 3.33. The van der Waals surface area contributed by atoms with Crippen LogP contribution in [0, 0.1) is 0 Å². The van der Waals surface area contributed by atoms with E-state index in [4.69, 9.17) is 11.6 Å². The lowest BCUT2D eigenvalue weighted by molar-refractivity contribution is -0.130. The molecule has 0 spiro atoms. The summed E-state index contributed by atoms with van der Waals surface area (Å²) < 4.78 is 0. The Morgan fingerprint density at radius 2 is 2.00 bits per heavy atom. The molecule has 1 N–H and O–H groups in total. The lowest BCUT2D eigenvalue weighted by atomic mass is 9.98. The number of H-pyrrole nitrogens is 1. The quantitative estimate of drug-likeness (QED) is 0.731. The summed E-state index contributed by atoms with van der Waals surface area (Å²) in [6.07, 6.45) is 5.55. The highest BCUT2D eigenvalue weighted by atomic mass is 35.5. The summed E-state index contributed by atoms with van der Waals surface area (Å²) in [5.74, 6) is 0.187. The molecule has 0 saturated carbocycles. The number of aromatic amines is 1. The molecule has 1 amide bonds. The van der Waals surface area contributed by atoms with Gasteiger partial charge in [0.2, 0.25) is 5.91 Å². The van der Waals surface area contributed by atoms with E-state index in [1.807, 2.05) is 53.6 Å². The third-order valence-corrected chi connectivity index (χ3v) is 4.98. The number of hydrogen-bond acceptors (Lipinski definition) is 1. The average molecular weight is 351 g/mol. The van der Waals surface area contributed by atoms with Crippen molar-refractivity contribution in [3.8, 4) is 0 Å². The molecule has 1 aliphatic rings. The number of nitrogens with one attached hydrogen (secondary N) is 1. The molecule has 25 heavy (non-hydrogen) atoms. The fraction of sp³-hybridized carbons (Fsp3) is 0.190. The maximum atomic E-state index is 12.5. The molecule has 1 aliphatic heterocycles. The molecule has 0 atom stereocenters. The molecular weight excluding hydrogens is 332 g/mol. The number of rotatable bonds is 3. The van der Waals surface area contributed by atoms with Crippen molar-refractivity contribution in [2.75, 3.05) is 13.1 Å². The van der Waals surface area contributed by atoms with E-state index in [2.05, 4.69) is 17.1 Å². The Labute approximate surface area is 151 Å². The molecule has 4 heteroatoms. The molecule has 2 heterocycles. The maximum Gasteiger partial charge on any atom is 0.227 e. The number of benzene rings is 2. The largest absolute Gasteiger partial charge is 0.361 e. The number of aromatic nitrogens is 1. The van der Waals surface area contributed by atoms with Crippen molar-refractivity contribution < 1.29 is 4.79 Å². The van der Waals surface area contributed by atoms with E-state index >= 15 is 0 Å². The van der Waals surface area contributed by atoms with Crippen LogP contribution in [0.2, 0.25) is 5.02 Å². The molecule has 1 aromatic heterocycles. The van der Waals surface area contributed by atoms with Crippen LogP contribution in [0.15, 0.2) is 60.8 Å². The number of carbonyl (C=O) groups is 1. The molecule has 0 fully saturated rings. The second kappa shape index (κ2) is 6.77. The van der Waals surface area contributed by atoms with E-state index in [-0.39, 0.29) is 5.91 Å². The summed E-state index contributed by atoms with van der Waals surface area (Å²) in [7, 11) is 0. The predicted octanol–water partition coefficient (Wildman–Crippen LogP) is 4.68. The van der Waals surface area contributed by atoms with Crippen LogP contribution in [0.1, 0.15) is 17.5 Å². The Kier molecular flexibility index (Phi) is 4.33. The molecule has 0 saturated heterocycles. The summed E-state index contributed by atoms with van der Waals surface area (Å²) in [6.45, 7) is 1.43. The molecule has 0 bridgehead atoms. The zero-order valence-corrected chi connectivity index (χ0v) is 14.6. The van der Waals surface area contributed by atoms with Gasteiger partial charge in [-0.15, -0.1) is 0 Å². The molecule has 3 nitrogen and oxygen atoms in total. The first-order valence-corrected chi connectivity index (χ1v) is 8.86. The van der Waals surface area contributed by atoms with E-state index in [1.165, 1.54) is 16.5 Å². The number of carbonyl (C=O) groups excluding carboxylic acids is 1. The van der Waals surface area contributed by atoms with Gasteiger partial charge in [-0.25, -0.2) is 0 Å². The van der Waals surface area contributed by atoms with Gasteiger partial charge < -0.3 is 9.88 Å². The average Bonchev–Trinajstić information content (AvgIpc) is 3.05. The van der Waals surface area contributed by atoms with Crippen LogP contribution < -0.4 is 0 Å². The highest BCUT2D eigenvalue weighted by Crippen LogP contribution is 2.30. The van der Waals surface area contributed by atoms with Gasteiger partial charge in [0.15, 0.2) is 0 Å². The number of nitrogens with zero attached hydrogens (tertiary/aromatic N) is 1. The highest BCUT2D eigenvalue weighted by molar-refractivity contribution is 6.31. The second-order valence-corrected chi connectivity index (χ2v) is 6.81. The lowest BCUT2D eigenvalue weighted by Crippen LogP contribution is -2.35. The van der Waals surface area contributed by atoms with E-state index < -0.39 is 0 Å². The van der Waals surface area contributed by atoms with Crippen LogP contribution in [0.5, 0.6) is 0 Å². The van der Waals surface area contributed by atoms with Crippen molar-refractivity contribution in [2.24, 2.45) is 0 Å². The summed E-state index contributed by atoms with van der Waals surface area (Å²) in [6, 6.07) is 15.8. The van der Waals surface area contributed by atoms with E-state index in [1.54, 1.807) is 0 Å². The van der Waals surface area contributed by atoms with Crippen molar-refractivity contribution >= 4 is 34.0 Å². The predicted molar refractivity (Wildman–Crippen MR) is 103 cm³/mol. The summed E-state index contributed by atoms with van der Waals surface area (Å²) in [5.41, 5.74) is 4.61. The molecule has 126 valence electrons. The van der Waals surface area contributed by atoms with E-state index in [0.29, 0.717) is 13.0 Å². The van der Waals surface area contributed by atoms with Gasteiger partial charge in [0, 0.05) is 40.8 Å². The third-order valence-electron chi connectivity index (χ3n) is 4.75. The zero-order chi connectivity index (χ0) is 17.2. The maximum absolute atomic E-state index is 12.5. The number of amides is 1. The monoisotopic (exact) mass is 350 g/mol. The van der Waals surface area contributed by atoms with Gasteiger partial charge in [0.05, 0.1) is 6.42 Å². The summed E-state index contributed by atoms with van der Waals surface area (Å²) >= 11 is 6.06. The molecule has 0 aliphatic carbocycles. The fourth-order valence-corrected chi connectivity index (χ4v) is 3.56. The Bertz CT molecular complexity index is 943. The van der Waals surface area contributed by atoms with Gasteiger partial charge in [-0.05, 0) is 29.7 Å². The molecular formula is C21H19ClN2O. The van der Waals surface area contributed by atoms with Crippen LogP contribution in [0.3, 0.4) is 0 Å². The van der Waals surface area contributed by atoms with Crippen molar-refractivity contribution in [3.63, 3.8) is 0 Å². The van der Waals surface area contributed by atoms with Crippen molar-refractivity contribution in [1.29, 1.82) is 0 Å². The molecule has 3 aromatic rings. The zero-order valence-electron chi connectivity index (χ0n) is 13.8. The van der Waals surface area contributed by atoms with Crippen LogP contribution in [0.25, 0.3) is 16.5 Å². The van der Waals surface area contributed by atoms with Crippen molar-refractivity contribution in [1.82, 2.24) is 9.88 Å². The SMILES string of the molecule is O=C(Cc1ccccc1)N1CC=C(c2c[nH]c3cc(Cl)ccc23)CC1. The Hall–Kier alpha value is -2.52. The first kappa shape index (κ1) is 16.0. The fourth-order valence-electron chi connectivity index (χ4n) is 3.39. The minimum atomic E-state index is 0.187. The van der Waals surface area contributed by atoms with Gasteiger partial charge >= 0.3 is 0 Å². The highest BCUT2D eigenvalue weighted by Gasteiger charge is 2.19. The minimum absolute atomic E-state index is 0.187. The molecule has 2 aromatic carbocycles. The van der Waals surface area contributed by atoms with E-state index in [0.717, 1.165) is 29.1 Å². The van der Waals surface area contributed by atoms with Crippen molar-refractivity contribution in [3.05, 3.63) is 77.0 Å². The Morgan fingerprint density at radius 3 is 2.76 bits per heavy atom. The summed E-state index contributed by atoms with van der Waals surface area (Å²) in [4.78, 5) is 17.7. The van der Waals surface area contributed by atoms with Gasteiger partial charge in [0.25, 0.3) is 0 Å². The van der Waals surface area contributed by atoms with Crippen LogP contribution in [0.4, 0.5) is 0 Å². The van der Waals surface area contributed by atoms with Crippen LogP contribution in [-0.4, -0.2) is 28.9 Å². The molecule has 4 rings (SSSR count). The van der Waals surface area contributed by atoms with Crippen LogP contribution >= 0.6 is 11.6 Å². The van der Waals surface area contributed by atoms with Gasteiger partial charge in [-0.1, -0.05) is 54.1 Å². The smallest absolute Gasteiger partial charge is 0.227 e. The standard InChI is InChI=1S/C21H19ClN2O/c22-17-6-7-18-19(14-23-20(18)13-17)16-8-10-24(11-9-16)21(25)12-15-4-2-1-3-5-15/h1-8,13-14,23H,9-12H2. The first-order chi connectivity index (χ1) is 12.2. The number of hydrogen-bond donors (Lipinski definition) is 1. The van der Waals surface area contributed by atoms with Crippen LogP contribution in [-0.2, 0) is 11.2 Å². The second-order valence-electron chi connectivity index (χ2n) is 6.37. The number of halogens is 1. The lowest BCUT2D eigenvalue weighted by Gasteiger charge is -2.26. The number of fused-ring (bicyclic) bond motifs is 1. The van der Waals surface area contributed by atoms with E-state index in [9.17, 15) is 4.79 Å². The first-order valence-electron chi connectivity index (χ1n) is 8.48. The van der Waals surface area contributed by atoms with Gasteiger partial charge in [-0.2, -0.15) is 0 Å². The Balaban J connectivity index is 1.49. The summed E-state index contributed by atoms with van der Waals surface area (Å²) in [5, 5.41) is 1.91. The molecule has 0 unspecified atom stereocenters. The molecule has 0 radical (unpaired) electrons. The van der Waals surface area contributed by atoms with Gasteiger partial charge in [-0.3, -0.25) is 4.79 Å². The minimum Gasteiger partial charge on any atom is -0.361 e.